The molecule has 7 nitrogen and oxygen atoms in total. The van der Waals surface area contributed by atoms with Gasteiger partial charge in [0.2, 0.25) is 0 Å². The van der Waals surface area contributed by atoms with Gasteiger partial charge < -0.3 is 4.74 Å². The Balaban J connectivity index is 1.25. The maximum atomic E-state index is 13.0. The first-order chi connectivity index (χ1) is 16.1. The van der Waals surface area contributed by atoms with E-state index in [4.69, 9.17) is 4.74 Å². The summed E-state index contributed by atoms with van der Waals surface area (Å²) in [4.78, 5) is 44.6. The van der Waals surface area contributed by atoms with Gasteiger partial charge >= 0.3 is 0 Å². The highest BCUT2D eigenvalue weighted by molar-refractivity contribution is 7.22. The van der Waals surface area contributed by atoms with Gasteiger partial charge in [0.1, 0.15) is 10.4 Å². The molecule has 3 heterocycles. The molecule has 5 rings (SSSR count). The van der Waals surface area contributed by atoms with Crippen LogP contribution in [0.5, 0.6) is 5.75 Å². The van der Waals surface area contributed by atoms with Crippen LogP contribution in [-0.4, -0.2) is 39.9 Å². The minimum atomic E-state index is -0.250. The van der Waals surface area contributed by atoms with Crippen LogP contribution in [-0.2, 0) is 6.54 Å². The predicted molar refractivity (Wildman–Crippen MR) is 127 cm³/mol. The Kier molecular flexibility index (Phi) is 5.51. The monoisotopic (exact) mass is 459 g/mol. The van der Waals surface area contributed by atoms with E-state index in [0.29, 0.717) is 47.3 Å². The lowest BCUT2D eigenvalue weighted by atomic mass is 10.1. The number of nitrogens with zero attached hydrogens (tertiary/aromatic N) is 3. The van der Waals surface area contributed by atoms with Crippen molar-refractivity contribution in [2.24, 2.45) is 0 Å². The number of methoxy groups -OCH3 is 1. The Labute approximate surface area is 193 Å². The summed E-state index contributed by atoms with van der Waals surface area (Å²) in [7, 11) is 1.63. The number of ether oxygens (including phenoxy) is 1. The van der Waals surface area contributed by atoms with E-state index in [1.54, 1.807) is 42.3 Å². The maximum Gasteiger partial charge on any atom is 0.271 e. The van der Waals surface area contributed by atoms with E-state index in [9.17, 15) is 14.4 Å². The average Bonchev–Trinajstić information content (AvgIpc) is 3.39. The summed E-state index contributed by atoms with van der Waals surface area (Å²) in [5.74, 6) is 0.280. The van der Waals surface area contributed by atoms with Gasteiger partial charge in [-0.2, -0.15) is 0 Å². The Morgan fingerprint density at radius 3 is 2.24 bits per heavy atom. The summed E-state index contributed by atoms with van der Waals surface area (Å²) in [5, 5.41) is 0. The fraction of sp³-hybridized carbons (Fsp3) is 0.200. The summed E-state index contributed by atoms with van der Waals surface area (Å²) in [6, 6.07) is 16.5. The van der Waals surface area contributed by atoms with Crippen molar-refractivity contribution in [3.05, 3.63) is 82.4 Å². The van der Waals surface area contributed by atoms with E-state index in [2.05, 4.69) is 4.98 Å². The fourth-order valence-corrected chi connectivity index (χ4v) is 5.06. The molecule has 1 aliphatic heterocycles. The minimum absolute atomic E-state index is 0.0782. The van der Waals surface area contributed by atoms with Crippen LogP contribution in [0.3, 0.4) is 0 Å². The van der Waals surface area contributed by atoms with Crippen molar-refractivity contribution in [2.45, 2.75) is 19.4 Å². The number of fused-ring (bicyclic) bond motifs is 2. The number of rotatable bonds is 7. The molecule has 33 heavy (non-hydrogen) atoms. The van der Waals surface area contributed by atoms with Gasteiger partial charge in [0.15, 0.2) is 0 Å². The molecule has 2 aromatic carbocycles. The minimum Gasteiger partial charge on any atom is -0.497 e. The van der Waals surface area contributed by atoms with E-state index in [1.165, 1.54) is 16.2 Å². The van der Waals surface area contributed by atoms with E-state index in [1.807, 2.05) is 30.3 Å². The van der Waals surface area contributed by atoms with Crippen molar-refractivity contribution in [3.63, 3.8) is 0 Å². The summed E-state index contributed by atoms with van der Waals surface area (Å²) in [5.41, 5.74) is 2.52. The molecule has 166 valence electrons. The first-order valence-corrected chi connectivity index (χ1v) is 11.5. The van der Waals surface area contributed by atoms with E-state index in [0.717, 1.165) is 16.2 Å². The third-order valence-corrected chi connectivity index (χ3v) is 6.95. The highest BCUT2D eigenvalue weighted by atomic mass is 32.1. The number of amides is 2. The molecule has 1 aliphatic rings. The highest BCUT2D eigenvalue weighted by Gasteiger charge is 2.34. The van der Waals surface area contributed by atoms with E-state index in [-0.39, 0.29) is 17.4 Å². The first kappa shape index (κ1) is 21.1. The molecule has 0 unspecified atom stereocenters. The zero-order valence-corrected chi connectivity index (χ0v) is 18.8. The van der Waals surface area contributed by atoms with Gasteiger partial charge in [-0.05, 0) is 60.9 Å². The van der Waals surface area contributed by atoms with Crippen molar-refractivity contribution < 1.29 is 14.3 Å². The maximum absolute atomic E-state index is 13.0. The number of benzene rings is 2. The molecule has 0 aliphatic carbocycles. The molecule has 0 atom stereocenters. The van der Waals surface area contributed by atoms with Crippen LogP contribution >= 0.6 is 11.3 Å². The molecule has 8 heteroatoms. The second kappa shape index (κ2) is 8.63. The highest BCUT2D eigenvalue weighted by Crippen LogP contribution is 2.31. The predicted octanol–water partition coefficient (Wildman–Crippen LogP) is 4.21. The first-order valence-electron chi connectivity index (χ1n) is 10.7. The second-order valence-electron chi connectivity index (χ2n) is 7.81. The number of carbonyl (C=O) groups is 2. The molecular formula is C25H21N3O4S. The summed E-state index contributed by atoms with van der Waals surface area (Å²) < 4.78 is 7.41. The SMILES string of the molecule is COc1ccc(-c2cc3ncn(CCCCN4C(=O)c5ccccc5C4=O)c(=O)c3s2)cc1. The number of aromatic nitrogens is 2. The number of hydrogen-bond donors (Lipinski definition) is 0. The van der Waals surface area contributed by atoms with Gasteiger partial charge in [0.05, 0.1) is 30.1 Å². The lowest BCUT2D eigenvalue weighted by Gasteiger charge is -2.13. The van der Waals surface area contributed by atoms with Crippen LogP contribution < -0.4 is 10.3 Å². The molecule has 0 saturated carbocycles. The Hall–Kier alpha value is -3.78. The normalized spacial score (nSPS) is 13.1. The number of thiophene rings is 1. The van der Waals surface area contributed by atoms with Crippen molar-refractivity contribution >= 4 is 33.4 Å². The zero-order valence-electron chi connectivity index (χ0n) is 18.0. The summed E-state index contributed by atoms with van der Waals surface area (Å²) >= 11 is 1.42. The van der Waals surface area contributed by atoms with Gasteiger partial charge in [-0.3, -0.25) is 23.9 Å². The van der Waals surface area contributed by atoms with Gasteiger partial charge in [-0.1, -0.05) is 12.1 Å². The van der Waals surface area contributed by atoms with Gasteiger partial charge in [-0.25, -0.2) is 4.98 Å². The smallest absolute Gasteiger partial charge is 0.271 e. The molecule has 2 aromatic heterocycles. The van der Waals surface area contributed by atoms with Crippen molar-refractivity contribution in [1.29, 1.82) is 0 Å². The van der Waals surface area contributed by atoms with Crippen molar-refractivity contribution in [3.8, 4) is 16.2 Å². The van der Waals surface area contributed by atoms with E-state index >= 15 is 0 Å². The number of unbranched alkanes of at least 4 members (excludes halogenated alkanes) is 1. The van der Waals surface area contributed by atoms with Gasteiger partial charge in [-0.15, -0.1) is 11.3 Å². The molecule has 2 amide bonds. The third kappa shape index (κ3) is 3.82. The van der Waals surface area contributed by atoms with Crippen molar-refractivity contribution in [1.82, 2.24) is 14.5 Å². The zero-order chi connectivity index (χ0) is 22.9. The summed E-state index contributed by atoms with van der Waals surface area (Å²) in [6.45, 7) is 0.804. The molecule has 0 bridgehead atoms. The number of aryl methyl sites for hydroxylation is 1. The quantitative estimate of drug-likeness (QED) is 0.305. The molecule has 0 N–H and O–H groups in total. The van der Waals surface area contributed by atoms with Crippen LogP contribution in [0.1, 0.15) is 33.6 Å². The second-order valence-corrected chi connectivity index (χ2v) is 8.86. The molecule has 4 aromatic rings. The van der Waals surface area contributed by atoms with Crippen LogP contribution in [0.2, 0.25) is 0 Å². The van der Waals surface area contributed by atoms with Crippen molar-refractivity contribution in [2.75, 3.05) is 13.7 Å². The Morgan fingerprint density at radius 2 is 1.58 bits per heavy atom. The molecule has 0 fully saturated rings. The van der Waals surface area contributed by atoms with Gasteiger partial charge in [0.25, 0.3) is 17.4 Å². The standard InChI is InChI=1S/C25H21N3O4S/c1-32-17-10-8-16(9-11-17)21-14-20-22(33-21)25(31)27(15-26-20)12-4-5-13-28-23(29)18-6-2-3-7-19(18)24(28)30/h2-3,6-11,14-15H,4-5,12-13H2,1H3. The molecular weight excluding hydrogens is 438 g/mol. The van der Waals surface area contributed by atoms with E-state index < -0.39 is 0 Å². The van der Waals surface area contributed by atoms with Crippen LogP contribution in [0.4, 0.5) is 0 Å². The topological polar surface area (TPSA) is 81.5 Å². The lowest BCUT2D eigenvalue weighted by Crippen LogP contribution is -2.31. The average molecular weight is 460 g/mol. The van der Waals surface area contributed by atoms with Gasteiger partial charge in [0, 0.05) is 18.0 Å². The Morgan fingerprint density at radius 1 is 0.909 bits per heavy atom. The van der Waals surface area contributed by atoms with Crippen LogP contribution in [0.25, 0.3) is 20.7 Å². The number of imide groups is 1. The lowest BCUT2D eigenvalue weighted by molar-refractivity contribution is 0.0651. The number of carbonyl (C=O) groups excluding carboxylic acids is 2. The third-order valence-electron chi connectivity index (χ3n) is 5.79. The number of hydrogen-bond acceptors (Lipinski definition) is 6. The largest absolute Gasteiger partial charge is 0.497 e. The fourth-order valence-electron chi connectivity index (χ4n) is 4.00. The Bertz CT molecular complexity index is 1390. The van der Waals surface area contributed by atoms with Crippen LogP contribution in [0.15, 0.2) is 65.7 Å². The van der Waals surface area contributed by atoms with Crippen LogP contribution in [0, 0.1) is 0 Å². The molecule has 0 radical (unpaired) electrons. The molecule has 0 saturated heterocycles. The summed E-state index contributed by atoms with van der Waals surface area (Å²) in [6.07, 6.45) is 2.83. The molecule has 0 spiro atoms.